The Bertz CT molecular complexity index is 1090. The van der Waals surface area contributed by atoms with Crippen LogP contribution in [0, 0.1) is 6.92 Å². The van der Waals surface area contributed by atoms with Gasteiger partial charge in [0.1, 0.15) is 5.83 Å². The molecule has 1 aliphatic heterocycles. The Morgan fingerprint density at radius 1 is 1.35 bits per heavy atom. The van der Waals surface area contributed by atoms with Crippen LogP contribution in [0.25, 0.3) is 6.08 Å². The number of aryl methyl sites for hydroxylation is 1. The van der Waals surface area contributed by atoms with Gasteiger partial charge < -0.3 is 4.90 Å². The molecule has 0 bridgehead atoms. The van der Waals surface area contributed by atoms with Crippen molar-refractivity contribution in [3.8, 4) is 0 Å². The van der Waals surface area contributed by atoms with Crippen molar-refractivity contribution >= 4 is 12.0 Å². The van der Waals surface area contributed by atoms with E-state index in [4.69, 9.17) is 0 Å². The molecule has 0 aromatic carbocycles. The van der Waals surface area contributed by atoms with Gasteiger partial charge in [-0.25, -0.2) is 4.39 Å². The SMILES string of the molecule is C=CC/C=C(CN1Cc2ncccc2C1=O)\C(F)=C/C/C(=C/c1cn[nH]c1C)C(=C)C. The predicted octanol–water partition coefficient (Wildman–Crippen LogP) is 5.47. The van der Waals surface area contributed by atoms with Gasteiger partial charge in [-0.3, -0.25) is 14.9 Å². The topological polar surface area (TPSA) is 61.9 Å². The summed E-state index contributed by atoms with van der Waals surface area (Å²) >= 11 is 0. The molecule has 1 aliphatic rings. The van der Waals surface area contributed by atoms with Crippen molar-refractivity contribution in [3.63, 3.8) is 0 Å². The van der Waals surface area contributed by atoms with E-state index in [1.165, 1.54) is 6.08 Å². The van der Waals surface area contributed by atoms with Crippen LogP contribution in [0.4, 0.5) is 4.39 Å². The molecule has 0 unspecified atom stereocenters. The Kier molecular flexibility index (Phi) is 7.13. The van der Waals surface area contributed by atoms with Crippen LogP contribution in [0.5, 0.6) is 0 Å². The summed E-state index contributed by atoms with van der Waals surface area (Å²) in [6.45, 7) is 12.1. The molecule has 3 rings (SSSR count). The van der Waals surface area contributed by atoms with Crippen LogP contribution >= 0.6 is 0 Å². The minimum absolute atomic E-state index is 0.127. The zero-order chi connectivity index (χ0) is 22.4. The first-order chi connectivity index (χ1) is 14.9. The third kappa shape index (κ3) is 5.34. The van der Waals surface area contributed by atoms with E-state index in [1.807, 2.05) is 19.9 Å². The summed E-state index contributed by atoms with van der Waals surface area (Å²) in [7, 11) is 0. The second kappa shape index (κ2) is 9.98. The summed E-state index contributed by atoms with van der Waals surface area (Å²) in [4.78, 5) is 18.5. The third-order valence-corrected chi connectivity index (χ3v) is 5.20. The average molecular weight is 419 g/mol. The van der Waals surface area contributed by atoms with E-state index in [0.717, 1.165) is 28.1 Å². The molecule has 0 radical (unpaired) electrons. The fraction of sp³-hybridized carbons (Fsp3) is 0.240. The molecule has 0 saturated heterocycles. The molecule has 160 valence electrons. The first-order valence-corrected chi connectivity index (χ1v) is 10.2. The van der Waals surface area contributed by atoms with Gasteiger partial charge in [0.05, 0.1) is 24.0 Å². The van der Waals surface area contributed by atoms with Crippen molar-refractivity contribution in [2.75, 3.05) is 6.54 Å². The molecule has 0 spiro atoms. The first-order valence-electron chi connectivity index (χ1n) is 10.2. The lowest BCUT2D eigenvalue weighted by molar-refractivity contribution is 0.0792. The van der Waals surface area contributed by atoms with Crippen LogP contribution in [0.3, 0.4) is 0 Å². The van der Waals surface area contributed by atoms with Gasteiger partial charge in [-0.2, -0.15) is 5.10 Å². The summed E-state index contributed by atoms with van der Waals surface area (Å²) < 4.78 is 15.2. The highest BCUT2D eigenvalue weighted by atomic mass is 19.1. The second-order valence-electron chi connectivity index (χ2n) is 7.57. The predicted molar refractivity (Wildman–Crippen MR) is 122 cm³/mol. The highest BCUT2D eigenvalue weighted by molar-refractivity contribution is 5.97. The quantitative estimate of drug-likeness (QED) is 0.434. The number of aromatic nitrogens is 3. The number of nitrogens with zero attached hydrogens (tertiary/aromatic N) is 3. The number of allylic oxidation sites excluding steroid dienone is 5. The number of nitrogens with one attached hydrogen (secondary N) is 1. The summed E-state index contributed by atoms with van der Waals surface area (Å²) in [6.07, 6.45) is 11.3. The molecule has 2 aromatic rings. The lowest BCUT2D eigenvalue weighted by Gasteiger charge is -2.17. The summed E-state index contributed by atoms with van der Waals surface area (Å²) in [5, 5.41) is 6.92. The molecule has 0 saturated carbocycles. The van der Waals surface area contributed by atoms with Crippen LogP contribution in [-0.4, -0.2) is 32.5 Å². The summed E-state index contributed by atoms with van der Waals surface area (Å²) in [6, 6.07) is 3.49. The van der Waals surface area contributed by atoms with E-state index in [1.54, 1.807) is 41.6 Å². The number of amides is 1. The maximum absolute atomic E-state index is 15.2. The maximum atomic E-state index is 15.2. The van der Waals surface area contributed by atoms with Gasteiger partial charge in [-0.15, -0.1) is 6.58 Å². The zero-order valence-electron chi connectivity index (χ0n) is 18.0. The van der Waals surface area contributed by atoms with Crippen molar-refractivity contribution in [1.82, 2.24) is 20.1 Å². The Morgan fingerprint density at radius 3 is 2.81 bits per heavy atom. The highest BCUT2D eigenvalue weighted by Gasteiger charge is 2.29. The lowest BCUT2D eigenvalue weighted by Crippen LogP contribution is -2.26. The molecular formula is C25H27FN4O. The fourth-order valence-electron chi connectivity index (χ4n) is 3.36. The third-order valence-electron chi connectivity index (χ3n) is 5.20. The standard InChI is InChI=1S/C25H27FN4O/c1-5-6-8-20(15-30-16-24-22(25(30)31)9-7-12-27-24)23(26)11-10-19(17(2)3)13-21-14-28-29-18(21)4/h5,7-9,11-14H,1-2,6,10,15-16H2,3-4H3,(H,28,29)/b19-13-,20-8-,23-11+. The number of rotatable bonds is 9. The smallest absolute Gasteiger partial charge is 0.256 e. The molecule has 5 nitrogen and oxygen atoms in total. The maximum Gasteiger partial charge on any atom is 0.256 e. The Morgan fingerprint density at radius 2 is 2.16 bits per heavy atom. The number of fused-ring (bicyclic) bond motifs is 1. The van der Waals surface area contributed by atoms with E-state index < -0.39 is 0 Å². The number of carbonyl (C=O) groups is 1. The van der Waals surface area contributed by atoms with Gasteiger partial charge in [-0.05, 0) is 56.5 Å². The number of H-pyrrole nitrogens is 1. The number of halogens is 1. The van der Waals surface area contributed by atoms with Gasteiger partial charge in [-0.1, -0.05) is 24.3 Å². The van der Waals surface area contributed by atoms with Crippen LogP contribution in [-0.2, 0) is 6.54 Å². The largest absolute Gasteiger partial charge is 0.328 e. The normalized spacial score (nSPS) is 14.7. The van der Waals surface area contributed by atoms with E-state index in [0.29, 0.717) is 30.5 Å². The molecular weight excluding hydrogens is 391 g/mol. The van der Waals surface area contributed by atoms with Gasteiger partial charge >= 0.3 is 0 Å². The molecule has 6 heteroatoms. The van der Waals surface area contributed by atoms with Gasteiger partial charge in [0.15, 0.2) is 0 Å². The molecule has 31 heavy (non-hydrogen) atoms. The van der Waals surface area contributed by atoms with Crippen molar-refractivity contribution in [1.29, 1.82) is 0 Å². The molecule has 0 fully saturated rings. The molecule has 2 aromatic heterocycles. The van der Waals surface area contributed by atoms with Crippen LogP contribution in [0.2, 0.25) is 0 Å². The number of pyridine rings is 1. The number of carbonyl (C=O) groups excluding carboxylic acids is 1. The van der Waals surface area contributed by atoms with Gasteiger partial charge in [0, 0.05) is 29.6 Å². The molecule has 0 aliphatic carbocycles. The van der Waals surface area contributed by atoms with Gasteiger partial charge in [0.25, 0.3) is 5.91 Å². The minimum atomic E-state index is -0.352. The minimum Gasteiger partial charge on any atom is -0.328 e. The van der Waals surface area contributed by atoms with E-state index in [2.05, 4.69) is 28.3 Å². The van der Waals surface area contributed by atoms with E-state index >= 15 is 4.39 Å². The number of aromatic amines is 1. The van der Waals surface area contributed by atoms with Crippen LogP contribution in [0.1, 0.15) is 47.1 Å². The summed E-state index contributed by atoms with van der Waals surface area (Å²) in [5.41, 5.74) is 5.43. The molecule has 0 atom stereocenters. The molecule has 3 heterocycles. The van der Waals surface area contributed by atoms with E-state index in [-0.39, 0.29) is 18.3 Å². The van der Waals surface area contributed by atoms with Crippen LogP contribution < -0.4 is 0 Å². The fourth-order valence-corrected chi connectivity index (χ4v) is 3.36. The van der Waals surface area contributed by atoms with Crippen molar-refractivity contribution in [2.45, 2.75) is 33.2 Å². The Labute approximate surface area is 182 Å². The summed E-state index contributed by atoms with van der Waals surface area (Å²) in [5.74, 6) is -0.479. The van der Waals surface area contributed by atoms with Crippen molar-refractivity contribution in [3.05, 3.63) is 101 Å². The van der Waals surface area contributed by atoms with E-state index in [9.17, 15) is 4.79 Å². The van der Waals surface area contributed by atoms with Crippen molar-refractivity contribution < 1.29 is 9.18 Å². The first kappa shape index (κ1) is 22.2. The van der Waals surface area contributed by atoms with Gasteiger partial charge in [0.2, 0.25) is 0 Å². The van der Waals surface area contributed by atoms with Crippen LogP contribution in [0.15, 0.2) is 78.5 Å². The molecule has 1 amide bonds. The van der Waals surface area contributed by atoms with Crippen molar-refractivity contribution in [2.24, 2.45) is 0 Å². The lowest BCUT2D eigenvalue weighted by atomic mass is 10.0. The zero-order valence-corrected chi connectivity index (χ0v) is 18.0. The second-order valence-corrected chi connectivity index (χ2v) is 7.57. The Hall–Kier alpha value is -3.54. The monoisotopic (exact) mass is 418 g/mol. The number of hydrogen-bond acceptors (Lipinski definition) is 3. The average Bonchev–Trinajstić information content (AvgIpc) is 3.30. The number of hydrogen-bond donors (Lipinski definition) is 1. The molecule has 1 N–H and O–H groups in total. The Balaban J connectivity index is 1.79. The highest BCUT2D eigenvalue weighted by Crippen LogP contribution is 2.26.